The molecule has 0 bridgehead atoms. The molecule has 3 heteroatoms. The monoisotopic (exact) mass is 305 g/mol. The molecule has 0 aliphatic heterocycles. The zero-order chi connectivity index (χ0) is 15.8. The minimum absolute atomic E-state index is 0.0529. The lowest BCUT2D eigenvalue weighted by molar-refractivity contribution is 0.0685. The van der Waals surface area contributed by atoms with Gasteiger partial charge in [0.25, 0.3) is 5.91 Å². The molecule has 1 aromatic heterocycles. The predicted octanol–water partition coefficient (Wildman–Crippen LogP) is 4.58. The highest BCUT2D eigenvalue weighted by atomic mass is 16.3. The molecule has 0 radical (unpaired) electrons. The molecule has 0 unspecified atom stereocenters. The molecule has 0 spiro atoms. The number of amides is 1. The number of hydrogen-bond donors (Lipinski definition) is 0. The fraction of sp³-hybridized carbons (Fsp3) is 0.250. The molecule has 116 valence electrons. The number of carbonyl (C=O) groups excluding carboxylic acids is 1. The van der Waals surface area contributed by atoms with E-state index >= 15 is 0 Å². The van der Waals surface area contributed by atoms with E-state index in [1.165, 1.54) is 11.1 Å². The maximum atomic E-state index is 12.9. The summed E-state index contributed by atoms with van der Waals surface area (Å²) >= 11 is 0. The Labute approximate surface area is 135 Å². The first kappa shape index (κ1) is 14.1. The van der Waals surface area contributed by atoms with Crippen LogP contribution in [0.1, 0.15) is 40.6 Å². The second-order valence-corrected chi connectivity index (χ2v) is 6.17. The van der Waals surface area contributed by atoms with Gasteiger partial charge in [-0.05, 0) is 42.5 Å². The van der Waals surface area contributed by atoms with Crippen molar-refractivity contribution >= 4 is 16.9 Å². The third-order valence-corrected chi connectivity index (χ3v) is 4.76. The molecule has 0 N–H and O–H groups in total. The number of carbonyl (C=O) groups is 1. The van der Waals surface area contributed by atoms with Gasteiger partial charge in [-0.2, -0.15) is 0 Å². The molecule has 0 saturated heterocycles. The van der Waals surface area contributed by atoms with Crippen molar-refractivity contribution in [2.45, 2.75) is 25.3 Å². The van der Waals surface area contributed by atoms with Gasteiger partial charge in [-0.15, -0.1) is 0 Å². The summed E-state index contributed by atoms with van der Waals surface area (Å²) in [6, 6.07) is 18.1. The molecule has 3 nitrogen and oxygen atoms in total. The largest absolute Gasteiger partial charge is 0.451 e. The van der Waals surface area contributed by atoms with Gasteiger partial charge in [-0.3, -0.25) is 4.79 Å². The quantitative estimate of drug-likeness (QED) is 0.694. The normalized spacial score (nSPS) is 17.0. The summed E-state index contributed by atoms with van der Waals surface area (Å²) in [5.41, 5.74) is 3.38. The average molecular weight is 305 g/mol. The summed E-state index contributed by atoms with van der Waals surface area (Å²) in [5, 5.41) is 0.966. The molecule has 3 aromatic rings. The topological polar surface area (TPSA) is 33.5 Å². The first-order chi connectivity index (χ1) is 11.2. The van der Waals surface area contributed by atoms with Gasteiger partial charge in [0, 0.05) is 12.4 Å². The van der Waals surface area contributed by atoms with E-state index in [4.69, 9.17) is 4.42 Å². The van der Waals surface area contributed by atoms with Crippen LogP contribution in [0.15, 0.2) is 59.0 Å². The Morgan fingerprint density at radius 3 is 2.78 bits per heavy atom. The van der Waals surface area contributed by atoms with Gasteiger partial charge in [0.05, 0.1) is 6.04 Å². The first-order valence-corrected chi connectivity index (χ1v) is 8.07. The lowest BCUT2D eigenvalue weighted by Gasteiger charge is -2.32. The summed E-state index contributed by atoms with van der Waals surface area (Å²) in [6.07, 6.45) is 3.21. The predicted molar refractivity (Wildman–Crippen MR) is 90.4 cm³/mol. The Kier molecular flexibility index (Phi) is 3.41. The van der Waals surface area contributed by atoms with E-state index in [2.05, 4.69) is 24.3 Å². The Bertz CT molecular complexity index is 832. The summed E-state index contributed by atoms with van der Waals surface area (Å²) in [5.74, 6) is 0.361. The number of fused-ring (bicyclic) bond motifs is 2. The van der Waals surface area contributed by atoms with Crippen LogP contribution in [0.5, 0.6) is 0 Å². The summed E-state index contributed by atoms with van der Waals surface area (Å²) in [4.78, 5) is 14.7. The van der Waals surface area contributed by atoms with E-state index < -0.39 is 0 Å². The number of para-hydroxylation sites is 1. The molecule has 1 aliphatic rings. The van der Waals surface area contributed by atoms with Gasteiger partial charge in [0.2, 0.25) is 0 Å². The number of benzene rings is 2. The van der Waals surface area contributed by atoms with Crippen molar-refractivity contribution in [2.75, 3.05) is 7.05 Å². The lowest BCUT2D eigenvalue weighted by atomic mass is 9.87. The van der Waals surface area contributed by atoms with E-state index in [0.29, 0.717) is 5.76 Å². The Morgan fingerprint density at radius 2 is 1.91 bits per heavy atom. The highest BCUT2D eigenvalue weighted by molar-refractivity contribution is 5.96. The maximum Gasteiger partial charge on any atom is 0.289 e. The van der Waals surface area contributed by atoms with E-state index in [1.807, 2.05) is 42.3 Å². The van der Waals surface area contributed by atoms with E-state index in [1.54, 1.807) is 0 Å². The van der Waals surface area contributed by atoms with Gasteiger partial charge in [0.15, 0.2) is 5.76 Å². The molecule has 23 heavy (non-hydrogen) atoms. The van der Waals surface area contributed by atoms with Crippen molar-refractivity contribution < 1.29 is 9.21 Å². The number of rotatable bonds is 2. The first-order valence-electron chi connectivity index (χ1n) is 8.07. The summed E-state index contributed by atoms with van der Waals surface area (Å²) in [6.45, 7) is 0. The van der Waals surface area contributed by atoms with Gasteiger partial charge in [-0.1, -0.05) is 42.5 Å². The summed E-state index contributed by atoms with van der Waals surface area (Å²) in [7, 11) is 1.88. The van der Waals surface area contributed by atoms with Crippen molar-refractivity contribution in [3.8, 4) is 0 Å². The van der Waals surface area contributed by atoms with Crippen LogP contribution in [-0.2, 0) is 6.42 Å². The number of furan rings is 1. The second kappa shape index (κ2) is 5.58. The lowest BCUT2D eigenvalue weighted by Crippen LogP contribution is -2.33. The van der Waals surface area contributed by atoms with Crippen LogP contribution in [0.4, 0.5) is 0 Å². The van der Waals surface area contributed by atoms with Crippen molar-refractivity contribution in [1.82, 2.24) is 4.90 Å². The highest BCUT2D eigenvalue weighted by Crippen LogP contribution is 2.34. The Morgan fingerprint density at radius 1 is 1.13 bits per heavy atom. The van der Waals surface area contributed by atoms with Gasteiger partial charge in [-0.25, -0.2) is 0 Å². The van der Waals surface area contributed by atoms with Crippen LogP contribution in [-0.4, -0.2) is 17.9 Å². The number of aryl methyl sites for hydroxylation is 1. The molecule has 0 fully saturated rings. The van der Waals surface area contributed by atoms with Crippen LogP contribution in [0.2, 0.25) is 0 Å². The Balaban J connectivity index is 1.66. The van der Waals surface area contributed by atoms with Crippen molar-refractivity contribution in [3.63, 3.8) is 0 Å². The van der Waals surface area contributed by atoms with Gasteiger partial charge in [0.1, 0.15) is 5.58 Å². The molecule has 1 aliphatic carbocycles. The molecule has 1 atom stereocenters. The highest BCUT2D eigenvalue weighted by Gasteiger charge is 2.28. The maximum absolute atomic E-state index is 12.9. The van der Waals surface area contributed by atoms with Gasteiger partial charge < -0.3 is 9.32 Å². The zero-order valence-corrected chi connectivity index (χ0v) is 13.2. The van der Waals surface area contributed by atoms with E-state index in [9.17, 15) is 4.79 Å². The third kappa shape index (κ3) is 2.42. The van der Waals surface area contributed by atoms with Crippen LogP contribution in [0, 0.1) is 0 Å². The zero-order valence-electron chi connectivity index (χ0n) is 13.2. The SMILES string of the molecule is CN(C(=O)c1cc2ccccc2o1)[C@H]1CCCc2ccccc21. The average Bonchev–Trinajstić information content (AvgIpc) is 3.04. The molecular formula is C20H19NO2. The number of nitrogens with zero attached hydrogens (tertiary/aromatic N) is 1. The molecule has 2 aromatic carbocycles. The molecule has 0 saturated carbocycles. The third-order valence-electron chi connectivity index (χ3n) is 4.76. The van der Waals surface area contributed by atoms with Crippen molar-refractivity contribution in [2.24, 2.45) is 0 Å². The standard InChI is InChI=1S/C20H19NO2/c1-21(17-11-6-9-14-7-2-4-10-16(14)17)20(22)19-13-15-8-3-5-12-18(15)23-19/h2-5,7-8,10,12-13,17H,6,9,11H2,1H3/t17-/m0/s1. The molecular weight excluding hydrogens is 286 g/mol. The number of hydrogen-bond acceptors (Lipinski definition) is 2. The fourth-order valence-corrected chi connectivity index (χ4v) is 3.53. The van der Waals surface area contributed by atoms with E-state index in [0.717, 1.165) is 30.2 Å². The van der Waals surface area contributed by atoms with Crippen LogP contribution in [0.25, 0.3) is 11.0 Å². The van der Waals surface area contributed by atoms with Crippen molar-refractivity contribution in [3.05, 3.63) is 71.5 Å². The van der Waals surface area contributed by atoms with Crippen LogP contribution >= 0.6 is 0 Å². The fourth-order valence-electron chi connectivity index (χ4n) is 3.53. The minimum Gasteiger partial charge on any atom is -0.451 e. The van der Waals surface area contributed by atoms with Crippen LogP contribution in [0.3, 0.4) is 0 Å². The van der Waals surface area contributed by atoms with Crippen LogP contribution < -0.4 is 0 Å². The van der Waals surface area contributed by atoms with E-state index in [-0.39, 0.29) is 11.9 Å². The summed E-state index contributed by atoms with van der Waals surface area (Å²) < 4.78 is 5.74. The molecule has 1 amide bonds. The smallest absolute Gasteiger partial charge is 0.289 e. The minimum atomic E-state index is -0.0529. The second-order valence-electron chi connectivity index (χ2n) is 6.17. The molecule has 4 rings (SSSR count). The van der Waals surface area contributed by atoms with Crippen molar-refractivity contribution in [1.29, 1.82) is 0 Å². The molecule has 1 heterocycles. The van der Waals surface area contributed by atoms with Gasteiger partial charge >= 0.3 is 0 Å². The Hall–Kier alpha value is -2.55.